The first-order valence-corrected chi connectivity index (χ1v) is 11.8. The molecule has 0 bridgehead atoms. The molecule has 3 aromatic carbocycles. The van der Waals surface area contributed by atoms with Crippen LogP contribution in [0.3, 0.4) is 0 Å². The molecule has 1 amide bonds. The van der Waals surface area contributed by atoms with Crippen LogP contribution >= 0.6 is 12.2 Å². The van der Waals surface area contributed by atoms with Crippen molar-refractivity contribution in [2.24, 2.45) is 0 Å². The molecule has 10 heteroatoms. The van der Waals surface area contributed by atoms with Crippen molar-refractivity contribution in [2.75, 3.05) is 18.5 Å². The van der Waals surface area contributed by atoms with Gasteiger partial charge in [0.1, 0.15) is 5.75 Å². The van der Waals surface area contributed by atoms with Gasteiger partial charge < -0.3 is 10.1 Å². The fourth-order valence-corrected chi connectivity index (χ4v) is 4.26. The first-order valence-electron chi connectivity index (χ1n) is 9.92. The van der Waals surface area contributed by atoms with Crippen molar-refractivity contribution in [3.63, 3.8) is 0 Å². The van der Waals surface area contributed by atoms with Crippen LogP contribution in [0.2, 0.25) is 0 Å². The highest BCUT2D eigenvalue weighted by atomic mass is 32.2. The van der Waals surface area contributed by atoms with E-state index in [4.69, 9.17) is 17.0 Å². The predicted octanol–water partition coefficient (Wildman–Crippen LogP) is 2.83. The average Bonchev–Trinajstić information content (AvgIpc) is 2.86. The van der Waals surface area contributed by atoms with E-state index in [0.717, 1.165) is 9.87 Å². The zero-order chi connectivity index (χ0) is 23.8. The maximum absolute atomic E-state index is 13.1. The maximum atomic E-state index is 13.1. The van der Waals surface area contributed by atoms with E-state index in [1.165, 1.54) is 38.4 Å². The molecule has 0 spiro atoms. The van der Waals surface area contributed by atoms with Gasteiger partial charge in [0.2, 0.25) is 0 Å². The van der Waals surface area contributed by atoms with Crippen molar-refractivity contribution >= 4 is 38.9 Å². The minimum absolute atomic E-state index is 0.0155. The third kappa shape index (κ3) is 6.21. The second-order valence-corrected chi connectivity index (χ2v) is 9.32. The Bertz CT molecular complexity index is 1220. The third-order valence-corrected chi connectivity index (χ3v) is 6.80. The Morgan fingerprint density at radius 1 is 0.970 bits per heavy atom. The van der Waals surface area contributed by atoms with Gasteiger partial charge in [0.25, 0.3) is 15.9 Å². The Morgan fingerprint density at radius 3 is 2.33 bits per heavy atom. The summed E-state index contributed by atoms with van der Waals surface area (Å²) in [6.45, 7) is 0.494. The maximum Gasteiger partial charge on any atom is 0.269 e. The van der Waals surface area contributed by atoms with E-state index >= 15 is 0 Å². The predicted molar refractivity (Wildman–Crippen MR) is 132 cm³/mol. The van der Waals surface area contributed by atoms with Crippen LogP contribution in [0.5, 0.6) is 5.75 Å². The molecule has 0 saturated carbocycles. The van der Waals surface area contributed by atoms with Gasteiger partial charge in [0.05, 0.1) is 17.7 Å². The highest BCUT2D eigenvalue weighted by Gasteiger charge is 2.22. The second-order valence-electron chi connectivity index (χ2n) is 6.95. The van der Waals surface area contributed by atoms with E-state index < -0.39 is 15.9 Å². The van der Waals surface area contributed by atoms with Crippen LogP contribution in [0.25, 0.3) is 0 Å². The van der Waals surface area contributed by atoms with Crippen LogP contribution in [0.1, 0.15) is 15.9 Å². The zero-order valence-electron chi connectivity index (χ0n) is 18.1. The van der Waals surface area contributed by atoms with Crippen LogP contribution in [-0.4, -0.2) is 33.6 Å². The summed E-state index contributed by atoms with van der Waals surface area (Å²) >= 11 is 5.16. The smallest absolute Gasteiger partial charge is 0.269 e. The lowest BCUT2D eigenvalue weighted by atomic mass is 10.2. The summed E-state index contributed by atoms with van der Waals surface area (Å²) in [5, 5.41) is 3.21. The first kappa shape index (κ1) is 24.0. The van der Waals surface area contributed by atoms with Gasteiger partial charge in [-0.1, -0.05) is 36.4 Å². The van der Waals surface area contributed by atoms with E-state index in [-0.39, 0.29) is 15.6 Å². The average molecular weight is 485 g/mol. The van der Waals surface area contributed by atoms with E-state index in [1.54, 1.807) is 24.3 Å². The molecular weight excluding hydrogens is 460 g/mol. The van der Waals surface area contributed by atoms with E-state index in [1.807, 2.05) is 30.3 Å². The molecule has 0 fully saturated rings. The standard InChI is InChI=1S/C23H24N4O4S2/c1-27(19-11-13-20(31-2)14-12-19)33(29,30)21-10-6-9-18(15-21)22(28)25-26-23(32)24-16-17-7-4-3-5-8-17/h3-15H,16H2,1-2H3,(H,25,28)(H2,24,26,32). The monoisotopic (exact) mass is 484 g/mol. The molecule has 172 valence electrons. The number of hydrogen-bond donors (Lipinski definition) is 3. The number of methoxy groups -OCH3 is 1. The molecule has 33 heavy (non-hydrogen) atoms. The molecular formula is C23H24N4O4S2. The summed E-state index contributed by atoms with van der Waals surface area (Å²) in [5.41, 5.74) is 6.75. The van der Waals surface area contributed by atoms with Crippen molar-refractivity contribution in [3.05, 3.63) is 90.0 Å². The van der Waals surface area contributed by atoms with Gasteiger partial charge in [0.15, 0.2) is 5.11 Å². The van der Waals surface area contributed by atoms with Gasteiger partial charge in [-0.3, -0.25) is 20.0 Å². The molecule has 0 heterocycles. The number of anilines is 1. The quantitative estimate of drug-likeness (QED) is 0.350. The fourth-order valence-electron chi connectivity index (χ4n) is 2.89. The first-order chi connectivity index (χ1) is 15.8. The number of carbonyl (C=O) groups excluding carboxylic acids is 1. The van der Waals surface area contributed by atoms with Gasteiger partial charge in [-0.05, 0) is 60.2 Å². The van der Waals surface area contributed by atoms with Crippen molar-refractivity contribution in [1.82, 2.24) is 16.2 Å². The normalized spacial score (nSPS) is 10.7. The lowest BCUT2D eigenvalue weighted by molar-refractivity contribution is 0.0943. The van der Waals surface area contributed by atoms with E-state index in [2.05, 4.69) is 16.2 Å². The van der Waals surface area contributed by atoms with Crippen molar-refractivity contribution < 1.29 is 17.9 Å². The Labute approximate surface area is 198 Å². The molecule has 0 aliphatic rings. The van der Waals surface area contributed by atoms with Gasteiger partial charge in [-0.2, -0.15) is 0 Å². The topological polar surface area (TPSA) is 99.8 Å². The number of thiocarbonyl (C=S) groups is 1. The lowest BCUT2D eigenvalue weighted by Crippen LogP contribution is -2.46. The number of hydrazine groups is 1. The number of carbonyl (C=O) groups is 1. The van der Waals surface area contributed by atoms with Crippen LogP contribution in [0.15, 0.2) is 83.8 Å². The van der Waals surface area contributed by atoms with Crippen molar-refractivity contribution in [3.8, 4) is 5.75 Å². The molecule has 0 saturated heterocycles. The molecule has 0 unspecified atom stereocenters. The van der Waals surface area contributed by atoms with Gasteiger partial charge in [0, 0.05) is 19.2 Å². The number of sulfonamides is 1. The third-order valence-electron chi connectivity index (χ3n) is 4.78. The summed E-state index contributed by atoms with van der Waals surface area (Å²) in [6, 6.07) is 22.1. The summed E-state index contributed by atoms with van der Waals surface area (Å²) in [5.74, 6) is 0.0925. The number of amides is 1. The molecule has 3 N–H and O–H groups in total. The SMILES string of the molecule is COc1ccc(N(C)S(=O)(=O)c2cccc(C(=O)NNC(=S)NCc3ccccc3)c2)cc1. The number of nitrogens with zero attached hydrogens (tertiary/aromatic N) is 1. The Balaban J connectivity index is 1.63. The van der Waals surface area contributed by atoms with Gasteiger partial charge in [-0.15, -0.1) is 0 Å². The molecule has 0 aliphatic heterocycles. The van der Waals surface area contributed by atoms with Crippen molar-refractivity contribution in [2.45, 2.75) is 11.4 Å². The Kier molecular flexibility index (Phi) is 7.86. The molecule has 0 radical (unpaired) electrons. The number of rotatable bonds is 7. The molecule has 3 rings (SSSR count). The van der Waals surface area contributed by atoms with E-state index in [0.29, 0.717) is 18.0 Å². The van der Waals surface area contributed by atoms with Crippen LogP contribution < -0.4 is 25.2 Å². The summed E-state index contributed by atoms with van der Waals surface area (Å²) < 4.78 is 32.4. The fraction of sp³-hybridized carbons (Fsp3) is 0.130. The lowest BCUT2D eigenvalue weighted by Gasteiger charge is -2.20. The van der Waals surface area contributed by atoms with E-state index in [9.17, 15) is 13.2 Å². The largest absolute Gasteiger partial charge is 0.497 e. The van der Waals surface area contributed by atoms with Crippen LogP contribution in [0, 0.1) is 0 Å². The molecule has 3 aromatic rings. The Morgan fingerprint density at radius 2 is 1.67 bits per heavy atom. The number of hydrogen-bond acceptors (Lipinski definition) is 5. The highest BCUT2D eigenvalue weighted by molar-refractivity contribution is 7.92. The minimum atomic E-state index is -3.88. The zero-order valence-corrected chi connectivity index (χ0v) is 19.7. The number of ether oxygens (including phenoxy) is 1. The Hall–Kier alpha value is -3.63. The summed E-state index contributed by atoms with van der Waals surface area (Å²) in [6.07, 6.45) is 0. The second kappa shape index (κ2) is 10.8. The summed E-state index contributed by atoms with van der Waals surface area (Å²) in [7, 11) is -0.903. The molecule has 0 aliphatic carbocycles. The van der Waals surface area contributed by atoms with Crippen LogP contribution in [-0.2, 0) is 16.6 Å². The van der Waals surface area contributed by atoms with Crippen molar-refractivity contribution in [1.29, 1.82) is 0 Å². The number of nitrogens with one attached hydrogen (secondary N) is 3. The summed E-state index contributed by atoms with van der Waals surface area (Å²) in [4.78, 5) is 12.5. The molecule has 8 nitrogen and oxygen atoms in total. The van der Waals surface area contributed by atoms with Gasteiger partial charge in [-0.25, -0.2) is 8.42 Å². The van der Waals surface area contributed by atoms with Crippen LogP contribution in [0.4, 0.5) is 5.69 Å². The molecule has 0 aromatic heterocycles. The van der Waals surface area contributed by atoms with Gasteiger partial charge >= 0.3 is 0 Å². The highest BCUT2D eigenvalue weighted by Crippen LogP contribution is 2.24. The minimum Gasteiger partial charge on any atom is -0.497 e. The number of benzene rings is 3. The molecule has 0 atom stereocenters.